The minimum atomic E-state index is -0.158. The maximum absolute atomic E-state index is 12.6. The van der Waals surface area contributed by atoms with E-state index in [1.807, 2.05) is 18.2 Å². The van der Waals surface area contributed by atoms with Gasteiger partial charge in [0.1, 0.15) is 31.3 Å². The summed E-state index contributed by atoms with van der Waals surface area (Å²) in [5, 5.41) is 6.51. The Hall–Kier alpha value is -3.26. The zero-order valence-corrected chi connectivity index (χ0v) is 22.1. The van der Waals surface area contributed by atoms with Gasteiger partial charge >= 0.3 is 0 Å². The Morgan fingerprint density at radius 1 is 0.919 bits per heavy atom. The summed E-state index contributed by atoms with van der Waals surface area (Å²) in [6, 6.07) is 12.5. The molecule has 0 saturated carbocycles. The summed E-state index contributed by atoms with van der Waals surface area (Å²) < 4.78 is 22.3. The first-order valence-corrected chi connectivity index (χ1v) is 13.3. The van der Waals surface area contributed by atoms with E-state index in [2.05, 4.69) is 17.6 Å². The third kappa shape index (κ3) is 9.96. The lowest BCUT2D eigenvalue weighted by Gasteiger charge is -2.22. The molecular weight excluding hydrogens is 472 g/mol. The number of amides is 1. The van der Waals surface area contributed by atoms with Gasteiger partial charge in [-0.2, -0.15) is 0 Å². The standard InChI is InChI=1S/C29H40N2O6/c1-3-4-16-30-20-23(21-37-25-14-15-27-28(19-25)36-18-17-35-27)31-29(33)9-7-5-6-8-26(32)22-10-12-24(34-2)13-11-22/h10-15,19,23,30H,3-9,16-18,20-21H2,1-2H3,(H,31,33)/t23-/m1/s1. The van der Waals surface area contributed by atoms with Crippen LogP contribution in [0.25, 0.3) is 0 Å². The van der Waals surface area contributed by atoms with Crippen molar-refractivity contribution in [2.45, 2.75) is 57.9 Å². The Labute approximate surface area is 220 Å². The maximum Gasteiger partial charge on any atom is 0.220 e. The fraction of sp³-hybridized carbons (Fsp3) is 0.517. The van der Waals surface area contributed by atoms with Crippen molar-refractivity contribution in [2.24, 2.45) is 0 Å². The van der Waals surface area contributed by atoms with Gasteiger partial charge in [-0.15, -0.1) is 0 Å². The van der Waals surface area contributed by atoms with Crippen molar-refractivity contribution in [1.82, 2.24) is 10.6 Å². The highest BCUT2D eigenvalue weighted by molar-refractivity contribution is 5.96. The summed E-state index contributed by atoms with van der Waals surface area (Å²) >= 11 is 0. The number of carbonyl (C=O) groups is 2. The number of fused-ring (bicyclic) bond motifs is 1. The summed E-state index contributed by atoms with van der Waals surface area (Å²) in [6.45, 7) is 5.09. The quantitative estimate of drug-likeness (QED) is 0.237. The van der Waals surface area contributed by atoms with Gasteiger partial charge < -0.3 is 29.6 Å². The van der Waals surface area contributed by atoms with E-state index in [0.29, 0.717) is 56.3 Å². The van der Waals surface area contributed by atoms with Crippen LogP contribution in [-0.2, 0) is 4.79 Å². The number of Topliss-reactive ketones (excluding diaryl/α,β-unsaturated/α-hetero) is 1. The second-order valence-corrected chi connectivity index (χ2v) is 9.15. The van der Waals surface area contributed by atoms with Gasteiger partial charge in [-0.3, -0.25) is 9.59 Å². The number of ether oxygens (including phenoxy) is 4. The van der Waals surface area contributed by atoms with Crippen LogP contribution >= 0.6 is 0 Å². The van der Waals surface area contributed by atoms with Gasteiger partial charge in [0.25, 0.3) is 0 Å². The minimum Gasteiger partial charge on any atom is -0.497 e. The first-order valence-electron chi connectivity index (χ1n) is 13.3. The molecule has 3 rings (SSSR count). The highest BCUT2D eigenvalue weighted by Crippen LogP contribution is 2.33. The molecule has 0 aromatic heterocycles. The van der Waals surface area contributed by atoms with E-state index in [0.717, 1.165) is 50.1 Å². The van der Waals surface area contributed by atoms with Crippen LogP contribution in [0.15, 0.2) is 42.5 Å². The summed E-state index contributed by atoms with van der Waals surface area (Å²) in [5.41, 5.74) is 0.690. The van der Waals surface area contributed by atoms with E-state index in [4.69, 9.17) is 18.9 Å². The van der Waals surface area contributed by atoms with Crippen LogP contribution in [-0.4, -0.2) is 57.8 Å². The molecule has 0 radical (unpaired) electrons. The molecule has 1 atom stereocenters. The number of ketones is 1. The van der Waals surface area contributed by atoms with E-state index >= 15 is 0 Å². The smallest absolute Gasteiger partial charge is 0.220 e. The number of benzene rings is 2. The Morgan fingerprint density at radius 2 is 1.65 bits per heavy atom. The molecule has 1 aliphatic rings. The third-order valence-corrected chi connectivity index (χ3v) is 6.15. The van der Waals surface area contributed by atoms with E-state index in [1.54, 1.807) is 31.4 Å². The lowest BCUT2D eigenvalue weighted by Crippen LogP contribution is -2.45. The van der Waals surface area contributed by atoms with Gasteiger partial charge in [-0.1, -0.05) is 19.8 Å². The summed E-state index contributed by atoms with van der Waals surface area (Å²) in [4.78, 5) is 25.0. The van der Waals surface area contributed by atoms with Crippen molar-refractivity contribution < 1.29 is 28.5 Å². The first-order chi connectivity index (χ1) is 18.1. The zero-order chi connectivity index (χ0) is 26.3. The van der Waals surface area contributed by atoms with Crippen LogP contribution < -0.4 is 29.6 Å². The number of nitrogens with one attached hydrogen (secondary N) is 2. The molecule has 8 nitrogen and oxygen atoms in total. The Balaban J connectivity index is 1.39. The average molecular weight is 513 g/mol. The van der Waals surface area contributed by atoms with Gasteiger partial charge in [0.2, 0.25) is 5.91 Å². The molecule has 1 heterocycles. The molecule has 0 spiro atoms. The molecule has 0 aliphatic carbocycles. The summed E-state index contributed by atoms with van der Waals surface area (Å²) in [6.07, 6.45) is 5.40. The van der Waals surface area contributed by atoms with Gasteiger partial charge in [0.05, 0.1) is 13.2 Å². The SMILES string of the molecule is CCCCNC[C@H](COc1ccc2c(c1)OCCO2)NC(=O)CCCCCC(=O)c1ccc(OC)cc1. The first kappa shape index (κ1) is 28.3. The fourth-order valence-corrected chi connectivity index (χ4v) is 4.01. The Morgan fingerprint density at radius 3 is 2.41 bits per heavy atom. The van der Waals surface area contributed by atoms with Crippen LogP contribution in [0.1, 0.15) is 62.2 Å². The van der Waals surface area contributed by atoms with Gasteiger partial charge in [0, 0.05) is 31.0 Å². The number of methoxy groups -OCH3 is 1. The molecule has 0 fully saturated rings. The number of unbranched alkanes of at least 4 members (excludes halogenated alkanes) is 3. The minimum absolute atomic E-state index is 0.00505. The van der Waals surface area contributed by atoms with Crippen molar-refractivity contribution in [3.63, 3.8) is 0 Å². The topological polar surface area (TPSA) is 95.1 Å². The Kier molecular flexibility index (Phi) is 12.1. The molecule has 0 unspecified atom stereocenters. The van der Waals surface area contributed by atoms with Crippen molar-refractivity contribution >= 4 is 11.7 Å². The van der Waals surface area contributed by atoms with Gasteiger partial charge in [-0.25, -0.2) is 0 Å². The molecule has 1 aliphatic heterocycles. The molecule has 8 heteroatoms. The molecule has 37 heavy (non-hydrogen) atoms. The van der Waals surface area contributed by atoms with Gasteiger partial charge in [-0.05, 0) is 62.2 Å². The van der Waals surface area contributed by atoms with Crippen LogP contribution in [0, 0.1) is 0 Å². The molecule has 2 aromatic rings. The lowest BCUT2D eigenvalue weighted by atomic mass is 10.0. The Bertz CT molecular complexity index is 979. The zero-order valence-electron chi connectivity index (χ0n) is 22.1. The predicted molar refractivity (Wildman–Crippen MR) is 143 cm³/mol. The molecule has 202 valence electrons. The molecular formula is C29H40N2O6. The van der Waals surface area contributed by atoms with Crippen LogP contribution in [0.2, 0.25) is 0 Å². The van der Waals surface area contributed by atoms with Crippen molar-refractivity contribution in [2.75, 3.05) is 40.0 Å². The molecule has 1 amide bonds. The van der Waals surface area contributed by atoms with Crippen LogP contribution in [0.4, 0.5) is 0 Å². The number of hydrogen-bond acceptors (Lipinski definition) is 7. The van der Waals surface area contributed by atoms with Crippen molar-refractivity contribution in [3.05, 3.63) is 48.0 Å². The molecule has 0 saturated heterocycles. The van der Waals surface area contributed by atoms with Crippen LogP contribution in [0.5, 0.6) is 23.0 Å². The van der Waals surface area contributed by atoms with E-state index < -0.39 is 0 Å². The highest BCUT2D eigenvalue weighted by Gasteiger charge is 2.16. The second-order valence-electron chi connectivity index (χ2n) is 9.15. The lowest BCUT2D eigenvalue weighted by molar-refractivity contribution is -0.122. The molecule has 2 aromatic carbocycles. The van der Waals surface area contributed by atoms with E-state index in [9.17, 15) is 9.59 Å². The summed E-state index contributed by atoms with van der Waals surface area (Å²) in [5.74, 6) is 2.92. The average Bonchev–Trinajstić information content (AvgIpc) is 2.93. The monoisotopic (exact) mass is 512 g/mol. The molecule has 0 bridgehead atoms. The maximum atomic E-state index is 12.6. The van der Waals surface area contributed by atoms with Crippen molar-refractivity contribution in [3.8, 4) is 23.0 Å². The largest absolute Gasteiger partial charge is 0.497 e. The second kappa shape index (κ2) is 15.8. The fourth-order valence-electron chi connectivity index (χ4n) is 4.01. The van der Waals surface area contributed by atoms with Gasteiger partial charge in [0.15, 0.2) is 17.3 Å². The van der Waals surface area contributed by atoms with Crippen molar-refractivity contribution in [1.29, 1.82) is 0 Å². The van der Waals surface area contributed by atoms with E-state index in [1.165, 1.54) is 0 Å². The highest BCUT2D eigenvalue weighted by atomic mass is 16.6. The number of hydrogen-bond donors (Lipinski definition) is 2. The third-order valence-electron chi connectivity index (χ3n) is 6.15. The normalized spacial score (nSPS) is 13.0. The summed E-state index contributed by atoms with van der Waals surface area (Å²) in [7, 11) is 1.60. The van der Waals surface area contributed by atoms with E-state index in [-0.39, 0.29) is 17.7 Å². The van der Waals surface area contributed by atoms with Crippen LogP contribution in [0.3, 0.4) is 0 Å². The number of carbonyl (C=O) groups excluding carboxylic acids is 2. The predicted octanol–water partition coefficient (Wildman–Crippen LogP) is 4.55. The number of rotatable bonds is 17. The molecule has 2 N–H and O–H groups in total.